The maximum Gasteiger partial charge on any atom is 0.264 e. The standard InChI is InChI=1S/C21H22N4O2S2/c1-14(26)25(17-10-6-3-7-11-17)21-23-16(13-28-21)12-18-19(27)24-20(29-18)22-15-8-4-2-5-9-15/h3,6-7,10-13,15H,2,4-5,8-9H2,1H3,(H,22,24,27)/b18-12-. The van der Waals surface area contributed by atoms with Crippen molar-refractivity contribution in [3.63, 3.8) is 0 Å². The van der Waals surface area contributed by atoms with Gasteiger partial charge in [0.15, 0.2) is 10.3 Å². The lowest BCUT2D eigenvalue weighted by molar-refractivity contribution is -0.116. The van der Waals surface area contributed by atoms with E-state index in [1.54, 1.807) is 11.0 Å². The van der Waals surface area contributed by atoms with Gasteiger partial charge < -0.3 is 5.32 Å². The van der Waals surface area contributed by atoms with Gasteiger partial charge in [0.25, 0.3) is 5.91 Å². The highest BCUT2D eigenvalue weighted by atomic mass is 32.2. The summed E-state index contributed by atoms with van der Waals surface area (Å²) in [4.78, 5) is 35.9. The Bertz CT molecular complexity index is 962. The number of nitrogens with zero attached hydrogens (tertiary/aromatic N) is 3. The van der Waals surface area contributed by atoms with Gasteiger partial charge in [-0.2, -0.15) is 0 Å². The number of carbonyl (C=O) groups excluding carboxylic acids is 2. The number of para-hydroxylation sites is 1. The van der Waals surface area contributed by atoms with Crippen molar-refractivity contribution in [1.29, 1.82) is 0 Å². The molecule has 2 fully saturated rings. The molecular weight excluding hydrogens is 404 g/mol. The summed E-state index contributed by atoms with van der Waals surface area (Å²) in [7, 11) is 0. The summed E-state index contributed by atoms with van der Waals surface area (Å²) >= 11 is 2.74. The monoisotopic (exact) mass is 426 g/mol. The quantitative estimate of drug-likeness (QED) is 0.718. The van der Waals surface area contributed by atoms with Gasteiger partial charge in [-0.1, -0.05) is 37.5 Å². The van der Waals surface area contributed by atoms with Crippen LogP contribution in [0, 0.1) is 0 Å². The molecule has 0 unspecified atom stereocenters. The normalized spacial score (nSPS) is 20.2. The first-order valence-corrected chi connectivity index (χ1v) is 11.4. The molecule has 2 aliphatic rings. The zero-order chi connectivity index (χ0) is 20.2. The van der Waals surface area contributed by atoms with Gasteiger partial charge in [-0.3, -0.25) is 19.5 Å². The highest BCUT2D eigenvalue weighted by Gasteiger charge is 2.26. The molecule has 1 aliphatic heterocycles. The van der Waals surface area contributed by atoms with Crippen LogP contribution in [0.4, 0.5) is 10.8 Å². The van der Waals surface area contributed by atoms with Crippen molar-refractivity contribution in [2.45, 2.75) is 45.1 Å². The lowest BCUT2D eigenvalue weighted by Crippen LogP contribution is -2.22. The number of hydrogen-bond donors (Lipinski definition) is 1. The summed E-state index contributed by atoms with van der Waals surface area (Å²) < 4.78 is 0. The van der Waals surface area contributed by atoms with Crippen molar-refractivity contribution < 1.29 is 9.59 Å². The minimum Gasteiger partial charge on any atom is -0.301 e. The van der Waals surface area contributed by atoms with Crippen LogP contribution in [0.25, 0.3) is 6.08 Å². The van der Waals surface area contributed by atoms with Crippen molar-refractivity contribution in [2.75, 3.05) is 4.90 Å². The summed E-state index contributed by atoms with van der Waals surface area (Å²) in [5.74, 6) is -0.259. The summed E-state index contributed by atoms with van der Waals surface area (Å²) in [6.45, 7) is 1.51. The van der Waals surface area contributed by atoms with E-state index in [2.05, 4.69) is 10.3 Å². The lowest BCUT2D eigenvalue weighted by atomic mass is 9.96. The van der Waals surface area contributed by atoms with Crippen LogP contribution < -0.4 is 10.2 Å². The largest absolute Gasteiger partial charge is 0.301 e. The van der Waals surface area contributed by atoms with Crippen molar-refractivity contribution in [1.82, 2.24) is 10.3 Å². The second-order valence-electron chi connectivity index (χ2n) is 7.04. The second kappa shape index (κ2) is 8.92. The van der Waals surface area contributed by atoms with Crippen molar-refractivity contribution in [3.05, 3.63) is 46.3 Å². The Labute approximate surface area is 178 Å². The van der Waals surface area contributed by atoms with Gasteiger partial charge >= 0.3 is 0 Å². The molecular formula is C21H22N4O2S2. The van der Waals surface area contributed by atoms with E-state index >= 15 is 0 Å². The zero-order valence-corrected chi connectivity index (χ0v) is 17.8. The number of aliphatic imine (C=N–C) groups is 1. The molecule has 0 radical (unpaired) electrons. The summed E-state index contributed by atoms with van der Waals surface area (Å²) in [5, 5.41) is 5.97. The Balaban J connectivity index is 1.52. The van der Waals surface area contributed by atoms with Gasteiger partial charge in [-0.05, 0) is 42.8 Å². The molecule has 2 heterocycles. The first-order chi connectivity index (χ1) is 14.1. The average molecular weight is 427 g/mol. The van der Waals surface area contributed by atoms with E-state index in [-0.39, 0.29) is 11.8 Å². The van der Waals surface area contributed by atoms with E-state index in [9.17, 15) is 9.59 Å². The summed E-state index contributed by atoms with van der Waals surface area (Å²) in [6.07, 6.45) is 7.63. The van der Waals surface area contributed by atoms with E-state index in [4.69, 9.17) is 4.99 Å². The number of carbonyl (C=O) groups is 2. The first-order valence-electron chi connectivity index (χ1n) is 9.70. The van der Waals surface area contributed by atoms with Gasteiger partial charge in [-0.25, -0.2) is 4.98 Å². The van der Waals surface area contributed by atoms with Crippen LogP contribution in [0.2, 0.25) is 0 Å². The van der Waals surface area contributed by atoms with E-state index in [1.165, 1.54) is 49.3 Å². The Morgan fingerprint density at radius 3 is 2.72 bits per heavy atom. The first kappa shape index (κ1) is 19.8. The van der Waals surface area contributed by atoms with Gasteiger partial charge in [0, 0.05) is 12.3 Å². The molecule has 0 atom stereocenters. The Hall–Kier alpha value is -2.45. The third kappa shape index (κ3) is 4.76. The van der Waals surface area contributed by atoms with Crippen LogP contribution in [0.3, 0.4) is 0 Å². The van der Waals surface area contributed by atoms with Crippen LogP contribution in [-0.4, -0.2) is 28.0 Å². The highest BCUT2D eigenvalue weighted by Crippen LogP contribution is 2.32. The molecule has 1 saturated carbocycles. The molecule has 1 aromatic heterocycles. The molecule has 4 rings (SSSR count). The number of nitrogens with one attached hydrogen (secondary N) is 1. The molecule has 1 N–H and O–H groups in total. The summed E-state index contributed by atoms with van der Waals surface area (Å²) in [6, 6.07) is 9.72. The molecule has 1 aliphatic carbocycles. The van der Waals surface area contributed by atoms with E-state index < -0.39 is 0 Å². The van der Waals surface area contributed by atoms with Crippen LogP contribution in [-0.2, 0) is 9.59 Å². The minimum atomic E-state index is -0.148. The van der Waals surface area contributed by atoms with E-state index in [0.717, 1.165) is 18.5 Å². The van der Waals surface area contributed by atoms with Gasteiger partial charge in [0.2, 0.25) is 5.91 Å². The molecule has 1 saturated heterocycles. The number of amides is 2. The van der Waals surface area contributed by atoms with Crippen molar-refractivity contribution in [2.24, 2.45) is 4.99 Å². The molecule has 6 nitrogen and oxygen atoms in total. The van der Waals surface area contributed by atoms with Crippen LogP contribution >= 0.6 is 23.1 Å². The van der Waals surface area contributed by atoms with E-state index in [0.29, 0.717) is 26.9 Å². The number of thioether (sulfide) groups is 1. The number of amidine groups is 1. The molecule has 0 bridgehead atoms. The molecule has 2 aromatic rings. The lowest BCUT2D eigenvalue weighted by Gasteiger charge is -2.17. The van der Waals surface area contributed by atoms with Crippen LogP contribution in [0.1, 0.15) is 44.7 Å². The average Bonchev–Trinajstić information content (AvgIpc) is 3.30. The summed E-state index contributed by atoms with van der Waals surface area (Å²) in [5.41, 5.74) is 1.42. The topological polar surface area (TPSA) is 74.7 Å². The minimum absolute atomic E-state index is 0.111. The Morgan fingerprint density at radius 2 is 2.00 bits per heavy atom. The van der Waals surface area contributed by atoms with Gasteiger partial charge in [-0.15, -0.1) is 11.3 Å². The predicted molar refractivity (Wildman–Crippen MR) is 119 cm³/mol. The second-order valence-corrected chi connectivity index (χ2v) is 8.90. The third-order valence-electron chi connectivity index (χ3n) is 4.83. The number of benzene rings is 1. The predicted octanol–water partition coefficient (Wildman–Crippen LogP) is 4.72. The maximum atomic E-state index is 12.3. The number of aromatic nitrogens is 1. The van der Waals surface area contributed by atoms with Crippen LogP contribution in [0.5, 0.6) is 0 Å². The van der Waals surface area contributed by atoms with Gasteiger partial charge in [0.1, 0.15) is 0 Å². The molecule has 2 amide bonds. The fraction of sp³-hybridized carbons (Fsp3) is 0.333. The molecule has 0 spiro atoms. The van der Waals surface area contributed by atoms with Crippen LogP contribution in [0.15, 0.2) is 45.6 Å². The number of hydrogen-bond acceptors (Lipinski definition) is 6. The van der Waals surface area contributed by atoms with Gasteiger partial charge in [0.05, 0.1) is 22.3 Å². The number of thiazole rings is 1. The van der Waals surface area contributed by atoms with E-state index in [1.807, 2.05) is 35.7 Å². The Morgan fingerprint density at radius 1 is 1.24 bits per heavy atom. The smallest absolute Gasteiger partial charge is 0.264 e. The van der Waals surface area contributed by atoms with Crippen molar-refractivity contribution >= 4 is 57.0 Å². The maximum absolute atomic E-state index is 12.3. The molecule has 150 valence electrons. The molecule has 1 aromatic carbocycles. The molecule has 29 heavy (non-hydrogen) atoms. The fourth-order valence-electron chi connectivity index (χ4n) is 3.45. The SMILES string of the molecule is CC(=O)N(c1ccccc1)c1nc(/C=C2\SC(=NC3CCCCC3)NC2=O)cs1. The third-order valence-corrected chi connectivity index (χ3v) is 6.60. The van der Waals surface area contributed by atoms with Crippen molar-refractivity contribution in [3.8, 4) is 0 Å². The fourth-order valence-corrected chi connectivity index (χ4v) is 5.17. The zero-order valence-electron chi connectivity index (χ0n) is 16.1. The number of anilines is 2. The Kier molecular flexibility index (Phi) is 6.10. The highest BCUT2D eigenvalue weighted by molar-refractivity contribution is 8.18. The molecule has 8 heteroatoms. The number of rotatable bonds is 4.